The van der Waals surface area contributed by atoms with E-state index in [0.717, 1.165) is 112 Å². The van der Waals surface area contributed by atoms with Crippen molar-refractivity contribution in [2.24, 2.45) is 0 Å². The van der Waals surface area contributed by atoms with Crippen LogP contribution >= 0.6 is 11.6 Å². The molecule has 14 heteroatoms. The number of halogens is 1. The Balaban J connectivity index is 0.000000129. The highest BCUT2D eigenvalue weighted by molar-refractivity contribution is 6.62. The fraction of sp³-hybridized carbons (Fsp3) is 0.0492. The summed E-state index contributed by atoms with van der Waals surface area (Å²) in [6, 6.07) is 154. The Morgan fingerprint density at radius 3 is 0.757 bits per heavy atom. The summed E-state index contributed by atoms with van der Waals surface area (Å²) in [6.45, 7) is 8.28. The first-order chi connectivity index (χ1) is 66.7. The molecule has 136 heavy (non-hydrogen) atoms. The maximum Gasteiger partial charge on any atom is 0.494 e. The van der Waals surface area contributed by atoms with E-state index in [-0.39, 0.29) is 11.2 Å². The molecule has 4 aromatic heterocycles. The molecule has 0 unspecified atom stereocenters. The van der Waals surface area contributed by atoms with Gasteiger partial charge in [0.2, 0.25) is 0 Å². The fourth-order valence-electron chi connectivity index (χ4n) is 17.9. The quantitative estimate of drug-likeness (QED) is 0.0711. The number of rotatable bonds is 15. The summed E-state index contributed by atoms with van der Waals surface area (Å²) < 4.78 is 12.5. The minimum atomic E-state index is -0.418. The standard InChI is InChI=1S/C61H39N5.C33H20ClN3.C28H27BN2O2/c1-4-15-40(16-5-1)41-27-31-43(32-28-41)56-39-57(63-58(62-56)44-17-6-2-7-18-44)48-22-14-21-47(37-48)42-29-33-46(34-30-42)60-64-59(45-19-8-3-9-20-45)65-61(66-60)49-35-36-54-52-25-11-10-23-50(52)51-24-12-13-26-53(51)55(54)38-49;34-24-17-14-22(15-18-24)32-35-31(21-8-2-1-3-9-21)36-33(37-32)23-16-19-29-27-12-5-4-10-25(27)26-11-6-7-13-28(26)30(29)20-23;1-27(2)28(3,4)33-29(32-27)23-17-11-16-22(18-23)25-19-24(20-12-7-5-8-13-20)30-26(31-25)21-14-9-6-10-15-21/h1-39H;1-20H;5-19H,1-4H3. The third-order valence-corrected chi connectivity index (χ3v) is 25.9. The minimum absolute atomic E-state index is 0.385. The lowest BCUT2D eigenvalue weighted by molar-refractivity contribution is 0.00578. The highest BCUT2D eigenvalue weighted by Crippen LogP contribution is 2.43. The van der Waals surface area contributed by atoms with E-state index in [0.29, 0.717) is 51.6 Å². The summed E-state index contributed by atoms with van der Waals surface area (Å²) in [6.07, 6.45) is 0. The van der Waals surface area contributed by atoms with Crippen molar-refractivity contribution in [3.63, 3.8) is 0 Å². The first-order valence-corrected chi connectivity index (χ1v) is 46.0. The van der Waals surface area contributed by atoms with Crippen LogP contribution in [-0.2, 0) is 9.31 Å². The molecule has 0 saturated carbocycles. The number of benzene rings is 19. The van der Waals surface area contributed by atoms with Gasteiger partial charge in [-0.2, -0.15) is 0 Å². The van der Waals surface area contributed by atoms with Gasteiger partial charge in [-0.25, -0.2) is 49.8 Å². The second-order valence-corrected chi connectivity index (χ2v) is 35.3. The maximum atomic E-state index is 6.27. The number of nitrogens with zero attached hydrogens (tertiary/aromatic N) is 10. The van der Waals surface area contributed by atoms with Gasteiger partial charge in [-0.05, 0) is 180 Å². The molecule has 646 valence electrons. The predicted molar refractivity (Wildman–Crippen MR) is 559 cm³/mol. The van der Waals surface area contributed by atoms with Gasteiger partial charge < -0.3 is 9.31 Å². The van der Waals surface area contributed by atoms with Crippen molar-refractivity contribution in [2.75, 3.05) is 0 Å². The van der Waals surface area contributed by atoms with Crippen molar-refractivity contribution in [3.05, 3.63) is 454 Å². The third-order valence-electron chi connectivity index (χ3n) is 25.7. The van der Waals surface area contributed by atoms with Crippen LogP contribution in [0.4, 0.5) is 0 Å². The Morgan fingerprint density at radius 2 is 0.390 bits per heavy atom. The molecular formula is C122H86BClN10O2. The molecule has 1 fully saturated rings. The molecule has 0 N–H and O–H groups in total. The Morgan fingerprint density at radius 1 is 0.169 bits per heavy atom. The molecule has 0 amide bonds. The van der Waals surface area contributed by atoms with Gasteiger partial charge in [-0.1, -0.05) is 406 Å². The zero-order valence-electron chi connectivity index (χ0n) is 75.0. The highest BCUT2D eigenvalue weighted by Gasteiger charge is 2.52. The monoisotopic (exact) mass is 1770 g/mol. The molecule has 0 atom stereocenters. The first kappa shape index (κ1) is 84.7. The van der Waals surface area contributed by atoms with Crippen molar-refractivity contribution >= 4 is 88.8 Å². The van der Waals surface area contributed by atoms with Crippen LogP contribution in [-0.4, -0.2) is 68.2 Å². The average molecular weight is 1770 g/mol. The number of hydrogen-bond acceptors (Lipinski definition) is 12. The molecule has 0 radical (unpaired) electrons. The SMILES string of the molecule is CC1(C)OB(c2cccc(-c3cc(-c4ccccc4)nc(-c4ccccc4)n3)c2)OC1(C)C.Clc1ccc(-c2nc(-c3ccccc3)nc(-c3ccc4c5ccccc5c5ccccc5c4c3)n2)cc1.c1ccc(-c2ccc(-c3cc(-c4cccc(-c5ccc(-c6nc(-c7ccccc7)nc(-c7ccc8c9ccccc9c9ccccc9c8c7)n6)cc5)c4)nc(-c4ccccc4)n3)cc2)cc1. The molecular weight excluding hydrogens is 1680 g/mol. The molecule has 0 aliphatic carbocycles. The van der Waals surface area contributed by atoms with Crippen LogP contribution in [0.1, 0.15) is 27.7 Å². The Hall–Kier alpha value is -16.8. The Labute approximate surface area is 793 Å². The lowest BCUT2D eigenvalue weighted by Gasteiger charge is -2.32. The van der Waals surface area contributed by atoms with Crippen molar-refractivity contribution < 1.29 is 9.31 Å². The molecule has 12 nitrogen and oxygen atoms in total. The molecule has 24 rings (SSSR count). The van der Waals surface area contributed by atoms with Gasteiger partial charge in [0.25, 0.3) is 0 Å². The Bertz CT molecular complexity index is 8260. The van der Waals surface area contributed by atoms with E-state index in [9.17, 15) is 0 Å². The van der Waals surface area contributed by atoms with E-state index in [1.165, 1.54) is 70.2 Å². The van der Waals surface area contributed by atoms with Crippen LogP contribution < -0.4 is 5.46 Å². The van der Waals surface area contributed by atoms with E-state index >= 15 is 0 Å². The summed E-state index contributed by atoms with van der Waals surface area (Å²) in [5.74, 6) is 5.14. The lowest BCUT2D eigenvalue weighted by atomic mass is 9.78. The van der Waals surface area contributed by atoms with E-state index in [2.05, 4.69) is 301 Å². The molecule has 5 heterocycles. The summed E-state index contributed by atoms with van der Waals surface area (Å²) in [5, 5.41) is 15.3. The van der Waals surface area contributed by atoms with Crippen molar-refractivity contribution in [1.82, 2.24) is 49.8 Å². The second-order valence-electron chi connectivity index (χ2n) is 34.9. The number of aromatic nitrogens is 10. The zero-order chi connectivity index (χ0) is 91.6. The molecule has 0 bridgehead atoms. The van der Waals surface area contributed by atoms with E-state index in [1.54, 1.807) is 0 Å². The van der Waals surface area contributed by atoms with Crippen LogP contribution in [0, 0.1) is 0 Å². The smallest absolute Gasteiger partial charge is 0.399 e. The zero-order valence-corrected chi connectivity index (χ0v) is 75.7. The van der Waals surface area contributed by atoms with E-state index in [4.69, 9.17) is 70.7 Å². The summed E-state index contributed by atoms with van der Waals surface area (Å²) in [5.41, 5.74) is 19.8. The summed E-state index contributed by atoms with van der Waals surface area (Å²) >= 11 is 6.14. The predicted octanol–water partition coefficient (Wildman–Crippen LogP) is 30.2. The maximum absolute atomic E-state index is 6.27. The van der Waals surface area contributed by atoms with Gasteiger partial charge >= 0.3 is 7.12 Å². The number of hydrogen-bond donors (Lipinski definition) is 0. The van der Waals surface area contributed by atoms with Gasteiger partial charge in [0.15, 0.2) is 46.6 Å². The topological polar surface area (TPSA) is 147 Å². The first-order valence-electron chi connectivity index (χ1n) is 45.6. The molecule has 0 spiro atoms. The van der Waals surface area contributed by atoms with Gasteiger partial charge in [0, 0.05) is 66.2 Å². The summed E-state index contributed by atoms with van der Waals surface area (Å²) in [4.78, 5) is 50.0. The van der Waals surface area contributed by atoms with Crippen LogP contribution in [0.2, 0.25) is 5.02 Å². The minimum Gasteiger partial charge on any atom is -0.399 e. The number of fused-ring (bicyclic) bond motifs is 12. The van der Waals surface area contributed by atoms with Gasteiger partial charge in [0.1, 0.15) is 0 Å². The van der Waals surface area contributed by atoms with Crippen molar-refractivity contribution in [1.29, 1.82) is 0 Å². The second kappa shape index (κ2) is 36.7. The normalized spacial score (nSPS) is 12.6. The van der Waals surface area contributed by atoms with E-state index in [1.807, 2.05) is 176 Å². The third kappa shape index (κ3) is 17.3. The van der Waals surface area contributed by atoms with Crippen LogP contribution in [0.5, 0.6) is 0 Å². The van der Waals surface area contributed by atoms with E-state index < -0.39 is 7.12 Å². The molecule has 1 aliphatic rings. The molecule has 19 aromatic carbocycles. The molecule has 1 aliphatic heterocycles. The van der Waals surface area contributed by atoms with Crippen molar-refractivity contribution in [3.8, 4) is 158 Å². The molecule has 1 saturated heterocycles. The fourth-order valence-corrected chi connectivity index (χ4v) is 18.0. The van der Waals surface area contributed by atoms with Crippen molar-refractivity contribution in [2.45, 2.75) is 38.9 Å². The van der Waals surface area contributed by atoms with Gasteiger partial charge in [-0.15, -0.1) is 0 Å². The average Bonchev–Trinajstić information content (AvgIpc) is 0.866. The van der Waals surface area contributed by atoms with Gasteiger partial charge in [-0.3, -0.25) is 0 Å². The van der Waals surface area contributed by atoms with Gasteiger partial charge in [0.05, 0.1) is 34.0 Å². The van der Waals surface area contributed by atoms with Crippen LogP contribution in [0.3, 0.4) is 0 Å². The van der Waals surface area contributed by atoms with Crippen LogP contribution in [0.15, 0.2) is 449 Å². The van der Waals surface area contributed by atoms with Crippen LogP contribution in [0.25, 0.3) is 223 Å². The molecule has 23 aromatic rings. The largest absolute Gasteiger partial charge is 0.494 e. The highest BCUT2D eigenvalue weighted by atomic mass is 35.5. The lowest BCUT2D eigenvalue weighted by Crippen LogP contribution is -2.41. The summed E-state index contributed by atoms with van der Waals surface area (Å²) in [7, 11) is -0.418. The Kier molecular flexibility index (Phi) is 22.9.